The molecule has 0 saturated carbocycles. The van der Waals surface area contributed by atoms with Crippen molar-refractivity contribution in [3.05, 3.63) is 16.6 Å². The van der Waals surface area contributed by atoms with E-state index < -0.39 is 5.97 Å². The highest BCUT2D eigenvalue weighted by Gasteiger charge is 2.16. The van der Waals surface area contributed by atoms with E-state index in [0.29, 0.717) is 5.92 Å². The second kappa shape index (κ2) is 3.33. The molecule has 0 bridgehead atoms. The highest BCUT2D eigenvalue weighted by atomic mass is 32.1. The van der Waals surface area contributed by atoms with Crippen molar-refractivity contribution in [2.45, 2.75) is 19.8 Å². The first kappa shape index (κ1) is 9.61. The van der Waals surface area contributed by atoms with Crippen LogP contribution in [0.3, 0.4) is 0 Å². The molecule has 0 atom stereocenters. The van der Waals surface area contributed by atoms with Crippen LogP contribution in [0.25, 0.3) is 9.40 Å². The van der Waals surface area contributed by atoms with Crippen LogP contribution < -0.4 is 0 Å². The Balaban J connectivity index is 2.61. The summed E-state index contributed by atoms with van der Waals surface area (Å²) in [6, 6.07) is 2.04. The van der Waals surface area contributed by atoms with E-state index in [1.165, 1.54) is 27.7 Å². The van der Waals surface area contributed by atoms with Crippen molar-refractivity contribution in [2.75, 3.05) is 0 Å². The van der Waals surface area contributed by atoms with Gasteiger partial charge in [0.25, 0.3) is 0 Å². The lowest BCUT2D eigenvalue weighted by atomic mass is 10.2. The van der Waals surface area contributed by atoms with Crippen LogP contribution in [-0.2, 0) is 0 Å². The van der Waals surface area contributed by atoms with Gasteiger partial charge in [-0.25, -0.2) is 4.79 Å². The maximum atomic E-state index is 10.8. The average molecular weight is 227 g/mol. The summed E-state index contributed by atoms with van der Waals surface area (Å²) in [6.45, 7) is 4.20. The molecule has 2 aromatic heterocycles. The fraction of sp³-hybridized carbons (Fsp3) is 0.333. The normalized spacial score (nSPS) is 11.4. The number of aromatic nitrogens is 1. The maximum absolute atomic E-state index is 10.8. The molecule has 3 nitrogen and oxygen atoms in total. The molecule has 0 saturated heterocycles. The number of carboxylic acids is 1. The van der Waals surface area contributed by atoms with Crippen LogP contribution in [0.4, 0.5) is 0 Å². The zero-order valence-electron chi connectivity index (χ0n) is 7.77. The summed E-state index contributed by atoms with van der Waals surface area (Å²) in [5, 5.41) is 8.87. The van der Waals surface area contributed by atoms with Gasteiger partial charge in [0.15, 0.2) is 5.69 Å². The standard InChI is InChI=1S/C9H9NO2S2/c1-4(2)5-3-6-8(13-5)7(9(11)12)10-14-6/h3-4H,1-2H3,(H,11,12). The summed E-state index contributed by atoms with van der Waals surface area (Å²) in [5.74, 6) is -0.491. The Morgan fingerprint density at radius 2 is 2.29 bits per heavy atom. The lowest BCUT2D eigenvalue weighted by molar-refractivity contribution is 0.0694. The predicted octanol–water partition coefficient (Wildman–Crippen LogP) is 3.18. The van der Waals surface area contributed by atoms with E-state index in [2.05, 4.69) is 18.2 Å². The van der Waals surface area contributed by atoms with Gasteiger partial charge < -0.3 is 5.11 Å². The second-order valence-corrected chi connectivity index (χ2v) is 5.22. The lowest BCUT2D eigenvalue weighted by Crippen LogP contribution is -1.94. The topological polar surface area (TPSA) is 50.2 Å². The van der Waals surface area contributed by atoms with Crippen molar-refractivity contribution in [1.82, 2.24) is 4.37 Å². The number of aromatic carboxylic acids is 1. The Labute approximate surface area is 89.2 Å². The Morgan fingerprint density at radius 1 is 1.57 bits per heavy atom. The molecule has 2 heterocycles. The number of carbonyl (C=O) groups is 1. The summed E-state index contributed by atoms with van der Waals surface area (Å²) in [6.07, 6.45) is 0. The molecular weight excluding hydrogens is 218 g/mol. The molecule has 0 aliphatic heterocycles. The number of hydrogen-bond acceptors (Lipinski definition) is 4. The molecule has 2 aromatic rings. The van der Waals surface area contributed by atoms with Crippen molar-refractivity contribution in [1.29, 1.82) is 0 Å². The molecule has 0 fully saturated rings. The Kier molecular flexibility index (Phi) is 2.28. The molecule has 0 aliphatic rings. The average Bonchev–Trinajstić information content (AvgIpc) is 2.58. The molecule has 0 spiro atoms. The summed E-state index contributed by atoms with van der Waals surface area (Å²) in [4.78, 5) is 12.0. The molecule has 0 unspecified atom stereocenters. The number of nitrogens with zero attached hydrogens (tertiary/aromatic N) is 1. The minimum absolute atomic E-state index is 0.196. The number of carboxylic acid groups (broad SMARTS) is 1. The van der Waals surface area contributed by atoms with Gasteiger partial charge in [0.2, 0.25) is 0 Å². The Bertz CT molecular complexity index is 484. The van der Waals surface area contributed by atoms with Gasteiger partial charge in [-0.15, -0.1) is 11.3 Å². The maximum Gasteiger partial charge on any atom is 0.357 e. The van der Waals surface area contributed by atoms with Gasteiger partial charge in [-0.1, -0.05) is 13.8 Å². The predicted molar refractivity (Wildman–Crippen MR) is 58.5 cm³/mol. The van der Waals surface area contributed by atoms with Gasteiger partial charge in [-0.3, -0.25) is 0 Å². The van der Waals surface area contributed by atoms with E-state index in [-0.39, 0.29) is 5.69 Å². The molecule has 0 radical (unpaired) electrons. The van der Waals surface area contributed by atoms with Crippen LogP contribution >= 0.6 is 22.9 Å². The van der Waals surface area contributed by atoms with Crippen LogP contribution in [0.2, 0.25) is 0 Å². The molecule has 5 heteroatoms. The quantitative estimate of drug-likeness (QED) is 0.857. The first-order valence-electron chi connectivity index (χ1n) is 4.22. The van der Waals surface area contributed by atoms with Gasteiger partial charge in [0.1, 0.15) is 0 Å². The van der Waals surface area contributed by atoms with E-state index in [1.807, 2.05) is 6.07 Å². The largest absolute Gasteiger partial charge is 0.476 e. The van der Waals surface area contributed by atoms with Gasteiger partial charge in [0.05, 0.1) is 9.40 Å². The van der Waals surface area contributed by atoms with Crippen molar-refractivity contribution in [2.24, 2.45) is 0 Å². The van der Waals surface area contributed by atoms with Crippen molar-refractivity contribution in [3.8, 4) is 0 Å². The minimum Gasteiger partial charge on any atom is -0.476 e. The SMILES string of the molecule is CC(C)c1cc2snc(C(=O)O)c2s1. The van der Waals surface area contributed by atoms with E-state index in [1.54, 1.807) is 0 Å². The number of hydrogen-bond donors (Lipinski definition) is 1. The lowest BCUT2D eigenvalue weighted by Gasteiger charge is -1.96. The van der Waals surface area contributed by atoms with E-state index >= 15 is 0 Å². The Hall–Kier alpha value is -0.940. The third-order valence-electron chi connectivity index (χ3n) is 1.94. The summed E-state index contributed by atoms with van der Waals surface area (Å²) in [7, 11) is 0. The van der Waals surface area contributed by atoms with Gasteiger partial charge in [-0.2, -0.15) is 4.37 Å². The number of thiophene rings is 1. The molecular formula is C9H9NO2S2. The van der Waals surface area contributed by atoms with E-state index in [4.69, 9.17) is 5.11 Å². The monoisotopic (exact) mass is 227 g/mol. The number of rotatable bonds is 2. The third kappa shape index (κ3) is 1.42. The van der Waals surface area contributed by atoms with E-state index in [0.717, 1.165) is 9.40 Å². The summed E-state index contributed by atoms with van der Waals surface area (Å²) in [5.41, 5.74) is 0.196. The van der Waals surface area contributed by atoms with Gasteiger partial charge in [0, 0.05) is 4.88 Å². The van der Waals surface area contributed by atoms with Crippen molar-refractivity contribution in [3.63, 3.8) is 0 Å². The fourth-order valence-electron chi connectivity index (χ4n) is 1.18. The van der Waals surface area contributed by atoms with Crippen LogP contribution in [-0.4, -0.2) is 15.4 Å². The summed E-state index contributed by atoms with van der Waals surface area (Å²) < 4.78 is 5.70. The van der Waals surface area contributed by atoms with Crippen molar-refractivity contribution < 1.29 is 9.90 Å². The van der Waals surface area contributed by atoms with Crippen LogP contribution in [0, 0.1) is 0 Å². The Morgan fingerprint density at radius 3 is 2.86 bits per heavy atom. The van der Waals surface area contributed by atoms with Crippen molar-refractivity contribution >= 4 is 38.2 Å². The minimum atomic E-state index is -0.937. The molecule has 0 aromatic carbocycles. The van der Waals surface area contributed by atoms with Gasteiger partial charge in [-0.05, 0) is 23.5 Å². The second-order valence-electron chi connectivity index (χ2n) is 3.33. The first-order valence-corrected chi connectivity index (χ1v) is 5.81. The highest BCUT2D eigenvalue weighted by Crippen LogP contribution is 2.35. The summed E-state index contributed by atoms with van der Waals surface area (Å²) >= 11 is 2.79. The first-order chi connectivity index (χ1) is 6.59. The molecule has 2 rings (SSSR count). The molecule has 74 valence electrons. The smallest absolute Gasteiger partial charge is 0.357 e. The molecule has 0 amide bonds. The fourth-order valence-corrected chi connectivity index (χ4v) is 3.31. The third-order valence-corrected chi connectivity index (χ3v) is 4.30. The zero-order valence-corrected chi connectivity index (χ0v) is 9.41. The van der Waals surface area contributed by atoms with Crippen LogP contribution in [0.5, 0.6) is 0 Å². The van der Waals surface area contributed by atoms with Crippen LogP contribution in [0.15, 0.2) is 6.07 Å². The zero-order chi connectivity index (χ0) is 10.3. The molecule has 14 heavy (non-hydrogen) atoms. The van der Waals surface area contributed by atoms with E-state index in [9.17, 15) is 4.79 Å². The molecule has 0 aliphatic carbocycles. The molecule has 1 N–H and O–H groups in total. The van der Waals surface area contributed by atoms with Gasteiger partial charge >= 0.3 is 5.97 Å². The highest BCUT2D eigenvalue weighted by molar-refractivity contribution is 7.25. The number of fused-ring (bicyclic) bond motifs is 1. The van der Waals surface area contributed by atoms with Crippen LogP contribution in [0.1, 0.15) is 35.1 Å².